The molecule has 0 bridgehead atoms. The lowest BCUT2D eigenvalue weighted by atomic mass is 9.93. The van der Waals surface area contributed by atoms with Crippen LogP contribution in [0.15, 0.2) is 35.2 Å². The zero-order chi connectivity index (χ0) is 10.1. The minimum absolute atomic E-state index is 0.632. The highest BCUT2D eigenvalue weighted by Crippen LogP contribution is 2.27. The Kier molecular flexibility index (Phi) is 2.75. The van der Waals surface area contributed by atoms with Gasteiger partial charge in [0.05, 0.1) is 0 Å². The summed E-state index contributed by atoms with van der Waals surface area (Å²) in [6, 6.07) is 10.0. The third-order valence-electron chi connectivity index (χ3n) is 2.19. The van der Waals surface area contributed by atoms with Crippen molar-refractivity contribution in [2.24, 2.45) is 0 Å². The van der Waals surface area contributed by atoms with Gasteiger partial charge in [-0.25, -0.2) is 0 Å². The van der Waals surface area contributed by atoms with Gasteiger partial charge in [0.2, 0.25) is 0 Å². The Labute approximate surface area is 94.1 Å². The van der Waals surface area contributed by atoms with Gasteiger partial charge in [-0.15, -0.1) is 11.8 Å². The average molecular weight is 219 g/mol. The molecule has 0 amide bonds. The molecule has 2 rings (SSSR count). The number of fused-ring (bicyclic) bond motifs is 1. The summed E-state index contributed by atoms with van der Waals surface area (Å²) < 4.78 is 0. The van der Waals surface area contributed by atoms with Crippen LogP contribution in [0.1, 0.15) is 0 Å². The fourth-order valence-electron chi connectivity index (χ4n) is 1.52. The first-order chi connectivity index (χ1) is 6.74. The van der Waals surface area contributed by atoms with Gasteiger partial charge in [-0.3, -0.25) is 0 Å². The van der Waals surface area contributed by atoms with Crippen LogP contribution in [0.25, 0.3) is 10.8 Å². The zero-order valence-corrected chi connectivity index (χ0v) is 9.32. The maximum absolute atomic E-state index is 6.03. The van der Waals surface area contributed by atoms with Gasteiger partial charge in [0.1, 0.15) is 7.85 Å². The van der Waals surface area contributed by atoms with E-state index < -0.39 is 0 Å². The van der Waals surface area contributed by atoms with Crippen LogP contribution in [0.3, 0.4) is 0 Å². The highest BCUT2D eigenvalue weighted by molar-refractivity contribution is 7.99. The lowest BCUT2D eigenvalue weighted by molar-refractivity contribution is 1.61. The van der Waals surface area contributed by atoms with Gasteiger partial charge < -0.3 is 0 Å². The molecule has 0 unspecified atom stereocenters. The minimum atomic E-state index is 0.632. The summed E-state index contributed by atoms with van der Waals surface area (Å²) in [7, 11) is 5.91. The van der Waals surface area contributed by atoms with Crippen LogP contribution in [0.2, 0.25) is 5.02 Å². The second-order valence-corrected chi connectivity index (χ2v) is 4.25. The first-order valence-electron chi connectivity index (χ1n) is 4.24. The second kappa shape index (κ2) is 3.88. The van der Waals surface area contributed by atoms with Crippen LogP contribution < -0.4 is 5.46 Å². The normalized spacial score (nSPS) is 10.7. The molecule has 0 aliphatic heterocycles. The van der Waals surface area contributed by atoms with Crippen LogP contribution in [-0.4, -0.2) is 14.1 Å². The number of benzene rings is 2. The number of halogens is 1. The molecule has 0 saturated heterocycles. The van der Waals surface area contributed by atoms with E-state index in [1.807, 2.05) is 30.5 Å². The molecular formula is C11H8BClS. The summed E-state index contributed by atoms with van der Waals surface area (Å²) in [6.45, 7) is 0. The summed E-state index contributed by atoms with van der Waals surface area (Å²) >= 11 is 7.66. The standard InChI is InChI=1S/C11H8BClS/c1-14-11-8-5-3-2-4-7(8)6-9(13)10(11)12/h2-6H,1H3. The van der Waals surface area contributed by atoms with E-state index in [2.05, 4.69) is 6.07 Å². The van der Waals surface area contributed by atoms with E-state index in [4.69, 9.17) is 19.4 Å². The summed E-state index contributed by atoms with van der Waals surface area (Å²) in [4.78, 5) is 1.06. The Morgan fingerprint density at radius 2 is 2.00 bits per heavy atom. The number of rotatable bonds is 1. The minimum Gasteiger partial charge on any atom is -0.130 e. The van der Waals surface area contributed by atoms with Gasteiger partial charge in [-0.1, -0.05) is 41.3 Å². The molecule has 0 aliphatic rings. The summed E-state index contributed by atoms with van der Waals surface area (Å²) in [5.74, 6) is 0. The molecular weight excluding hydrogens is 210 g/mol. The van der Waals surface area contributed by atoms with Crippen LogP contribution in [0.5, 0.6) is 0 Å². The first-order valence-corrected chi connectivity index (χ1v) is 5.85. The molecule has 0 aliphatic carbocycles. The Bertz CT molecular complexity index is 482. The van der Waals surface area contributed by atoms with Crippen molar-refractivity contribution in [3.63, 3.8) is 0 Å². The fraction of sp³-hybridized carbons (Fsp3) is 0.0909. The van der Waals surface area contributed by atoms with Gasteiger partial charge in [0.25, 0.3) is 0 Å². The van der Waals surface area contributed by atoms with Crippen molar-refractivity contribution in [1.82, 2.24) is 0 Å². The number of thioether (sulfide) groups is 1. The van der Waals surface area contributed by atoms with Gasteiger partial charge >= 0.3 is 0 Å². The molecule has 0 nitrogen and oxygen atoms in total. The maximum atomic E-state index is 6.03. The van der Waals surface area contributed by atoms with Gasteiger partial charge in [0.15, 0.2) is 0 Å². The molecule has 0 aromatic heterocycles. The maximum Gasteiger partial charge on any atom is 0.117 e. The van der Waals surface area contributed by atoms with E-state index >= 15 is 0 Å². The molecule has 0 fully saturated rings. The molecule has 0 spiro atoms. The Hall–Kier alpha value is -0.595. The van der Waals surface area contributed by atoms with Crippen molar-refractivity contribution in [2.75, 3.05) is 6.26 Å². The van der Waals surface area contributed by atoms with E-state index in [1.54, 1.807) is 11.8 Å². The molecule has 3 heteroatoms. The number of hydrogen-bond donors (Lipinski definition) is 0. The van der Waals surface area contributed by atoms with Crippen LogP contribution >= 0.6 is 23.4 Å². The Morgan fingerprint density at radius 1 is 1.29 bits per heavy atom. The van der Waals surface area contributed by atoms with E-state index in [9.17, 15) is 0 Å². The van der Waals surface area contributed by atoms with E-state index in [-0.39, 0.29) is 0 Å². The smallest absolute Gasteiger partial charge is 0.117 e. The lowest BCUT2D eigenvalue weighted by Gasteiger charge is -2.09. The molecule has 2 aromatic rings. The zero-order valence-electron chi connectivity index (χ0n) is 7.75. The first kappa shape index (κ1) is 9.94. The Morgan fingerprint density at radius 3 is 2.71 bits per heavy atom. The van der Waals surface area contributed by atoms with Gasteiger partial charge in [-0.05, 0) is 23.1 Å². The predicted octanol–water partition coefficient (Wildman–Crippen LogP) is 3.01. The molecule has 0 N–H and O–H groups in total. The highest BCUT2D eigenvalue weighted by Gasteiger charge is 2.06. The fourth-order valence-corrected chi connectivity index (χ4v) is 2.52. The molecule has 2 radical (unpaired) electrons. The summed E-state index contributed by atoms with van der Waals surface area (Å²) in [5.41, 5.74) is 0.679. The molecule has 2 aromatic carbocycles. The molecule has 0 saturated carbocycles. The third kappa shape index (κ3) is 1.53. The third-order valence-corrected chi connectivity index (χ3v) is 3.35. The quantitative estimate of drug-likeness (QED) is 0.524. The molecule has 14 heavy (non-hydrogen) atoms. The van der Waals surface area contributed by atoms with Crippen LogP contribution in [0, 0.1) is 0 Å². The summed E-state index contributed by atoms with van der Waals surface area (Å²) in [5, 5.41) is 2.94. The average Bonchev–Trinajstić information content (AvgIpc) is 2.20. The SMILES string of the molecule is [B]c1c(Cl)cc2ccccc2c1SC. The van der Waals surface area contributed by atoms with Crippen molar-refractivity contribution in [1.29, 1.82) is 0 Å². The second-order valence-electron chi connectivity index (χ2n) is 3.03. The molecule has 0 atom stereocenters. The van der Waals surface area contributed by atoms with Crippen molar-refractivity contribution in [3.05, 3.63) is 35.4 Å². The monoisotopic (exact) mass is 218 g/mol. The van der Waals surface area contributed by atoms with Gasteiger partial charge in [-0.2, -0.15) is 0 Å². The van der Waals surface area contributed by atoms with Crippen molar-refractivity contribution in [3.8, 4) is 0 Å². The Balaban J connectivity index is 2.89. The predicted molar refractivity (Wildman–Crippen MR) is 66.1 cm³/mol. The van der Waals surface area contributed by atoms with E-state index in [0.29, 0.717) is 10.5 Å². The van der Waals surface area contributed by atoms with E-state index in [1.165, 1.54) is 5.39 Å². The van der Waals surface area contributed by atoms with Crippen molar-refractivity contribution >= 4 is 47.4 Å². The van der Waals surface area contributed by atoms with Crippen molar-refractivity contribution < 1.29 is 0 Å². The lowest BCUT2D eigenvalue weighted by Crippen LogP contribution is -2.08. The van der Waals surface area contributed by atoms with Crippen LogP contribution in [0.4, 0.5) is 0 Å². The largest absolute Gasteiger partial charge is 0.130 e. The van der Waals surface area contributed by atoms with Crippen molar-refractivity contribution in [2.45, 2.75) is 4.90 Å². The molecule has 0 heterocycles. The van der Waals surface area contributed by atoms with E-state index in [0.717, 1.165) is 10.3 Å². The number of hydrogen-bond acceptors (Lipinski definition) is 1. The molecule has 68 valence electrons. The highest BCUT2D eigenvalue weighted by atomic mass is 35.5. The van der Waals surface area contributed by atoms with Gasteiger partial charge in [0, 0.05) is 9.92 Å². The topological polar surface area (TPSA) is 0 Å². The van der Waals surface area contributed by atoms with Crippen LogP contribution in [-0.2, 0) is 0 Å². The summed E-state index contributed by atoms with van der Waals surface area (Å²) in [6.07, 6.45) is 2.01.